The quantitative estimate of drug-likeness (QED) is 0.507. The molecule has 0 unspecified atom stereocenters. The number of rotatable bonds is 7. The van der Waals surface area contributed by atoms with Crippen molar-refractivity contribution in [1.82, 2.24) is 4.98 Å². The standard InChI is InChI=1S/C23H30N2O/c1-6-8-12-19-21-17-13-9-10-14-18(17)23(25(3)4)24-20(21)15-16(11-7-2)22(19)26-5/h9-10,13-15H,6-8,11-12H2,1-5H3. The lowest BCUT2D eigenvalue weighted by Crippen LogP contribution is -2.12. The van der Waals surface area contributed by atoms with Crippen molar-refractivity contribution in [3.63, 3.8) is 0 Å². The van der Waals surface area contributed by atoms with Crippen molar-refractivity contribution in [1.29, 1.82) is 0 Å². The van der Waals surface area contributed by atoms with Crippen LogP contribution in [0.4, 0.5) is 5.82 Å². The van der Waals surface area contributed by atoms with Crippen LogP contribution in [0.1, 0.15) is 44.2 Å². The molecule has 0 aliphatic carbocycles. The van der Waals surface area contributed by atoms with Crippen LogP contribution in [0, 0.1) is 0 Å². The minimum atomic E-state index is 1.02. The SMILES string of the molecule is CCCCc1c(OC)c(CCC)cc2nc(N(C)C)c3ccccc3c12. The molecule has 0 aliphatic heterocycles. The van der Waals surface area contributed by atoms with E-state index in [-0.39, 0.29) is 0 Å². The van der Waals surface area contributed by atoms with Gasteiger partial charge in [-0.15, -0.1) is 0 Å². The number of aromatic nitrogens is 1. The Labute approximate surface area is 157 Å². The maximum Gasteiger partial charge on any atom is 0.136 e. The molecule has 3 heteroatoms. The first-order valence-electron chi connectivity index (χ1n) is 9.70. The molecule has 0 aliphatic rings. The lowest BCUT2D eigenvalue weighted by molar-refractivity contribution is 0.404. The Bertz CT molecular complexity index is 915. The summed E-state index contributed by atoms with van der Waals surface area (Å²) in [6.45, 7) is 4.46. The van der Waals surface area contributed by atoms with Gasteiger partial charge in [-0.25, -0.2) is 4.98 Å². The first-order valence-corrected chi connectivity index (χ1v) is 9.70. The average Bonchev–Trinajstić information content (AvgIpc) is 2.65. The monoisotopic (exact) mass is 350 g/mol. The highest BCUT2D eigenvalue weighted by Crippen LogP contribution is 2.39. The van der Waals surface area contributed by atoms with E-state index in [1.807, 2.05) is 0 Å². The van der Waals surface area contributed by atoms with Crippen LogP contribution in [0.3, 0.4) is 0 Å². The summed E-state index contributed by atoms with van der Waals surface area (Å²) >= 11 is 0. The minimum absolute atomic E-state index is 1.02. The minimum Gasteiger partial charge on any atom is -0.496 e. The summed E-state index contributed by atoms with van der Waals surface area (Å²) in [5.74, 6) is 2.10. The van der Waals surface area contributed by atoms with Gasteiger partial charge >= 0.3 is 0 Å². The van der Waals surface area contributed by atoms with Gasteiger partial charge in [0.2, 0.25) is 0 Å². The number of hydrogen-bond donors (Lipinski definition) is 0. The topological polar surface area (TPSA) is 25.4 Å². The summed E-state index contributed by atoms with van der Waals surface area (Å²) in [4.78, 5) is 7.17. The van der Waals surface area contributed by atoms with Gasteiger partial charge < -0.3 is 9.64 Å². The highest BCUT2D eigenvalue weighted by Gasteiger charge is 2.18. The fourth-order valence-corrected chi connectivity index (χ4v) is 3.87. The number of methoxy groups -OCH3 is 1. The number of benzene rings is 2. The largest absolute Gasteiger partial charge is 0.496 e. The van der Waals surface area contributed by atoms with E-state index in [9.17, 15) is 0 Å². The fourth-order valence-electron chi connectivity index (χ4n) is 3.87. The first-order chi connectivity index (χ1) is 12.6. The van der Waals surface area contributed by atoms with Gasteiger partial charge in [0.05, 0.1) is 12.6 Å². The third-order valence-electron chi connectivity index (χ3n) is 5.03. The molecule has 2 aromatic carbocycles. The van der Waals surface area contributed by atoms with Crippen LogP contribution in [-0.2, 0) is 12.8 Å². The third-order valence-corrected chi connectivity index (χ3v) is 5.03. The van der Waals surface area contributed by atoms with E-state index in [1.54, 1.807) is 7.11 Å². The Hall–Kier alpha value is -2.29. The van der Waals surface area contributed by atoms with Gasteiger partial charge in [0.15, 0.2) is 0 Å². The summed E-state index contributed by atoms with van der Waals surface area (Å²) in [5.41, 5.74) is 3.69. The highest BCUT2D eigenvalue weighted by atomic mass is 16.5. The molecule has 26 heavy (non-hydrogen) atoms. The number of aryl methyl sites for hydroxylation is 2. The summed E-state index contributed by atoms with van der Waals surface area (Å²) in [7, 11) is 5.93. The maximum absolute atomic E-state index is 5.92. The van der Waals surface area contributed by atoms with Crippen LogP contribution in [0.5, 0.6) is 5.75 Å². The Morgan fingerprint density at radius 2 is 1.73 bits per heavy atom. The Balaban J connectivity index is 2.45. The normalized spacial score (nSPS) is 11.3. The fraction of sp³-hybridized carbons (Fsp3) is 0.435. The molecule has 3 rings (SSSR count). The molecule has 3 nitrogen and oxygen atoms in total. The first kappa shape index (κ1) is 18.5. The Kier molecular flexibility index (Phi) is 5.65. The molecule has 3 aromatic rings. The second kappa shape index (κ2) is 7.94. The van der Waals surface area contributed by atoms with Crippen LogP contribution in [0.25, 0.3) is 21.7 Å². The Morgan fingerprint density at radius 1 is 1.00 bits per heavy atom. The molecule has 0 N–H and O–H groups in total. The van der Waals surface area contributed by atoms with E-state index in [0.717, 1.165) is 42.8 Å². The van der Waals surface area contributed by atoms with Gasteiger partial charge in [0, 0.05) is 30.4 Å². The second-order valence-corrected chi connectivity index (χ2v) is 7.17. The van der Waals surface area contributed by atoms with E-state index < -0.39 is 0 Å². The van der Waals surface area contributed by atoms with Gasteiger partial charge in [0.25, 0.3) is 0 Å². The summed E-state index contributed by atoms with van der Waals surface area (Å²) < 4.78 is 5.92. The van der Waals surface area contributed by atoms with E-state index in [1.165, 1.54) is 33.7 Å². The summed E-state index contributed by atoms with van der Waals surface area (Å²) in [5, 5.41) is 3.73. The molecule has 0 bridgehead atoms. The number of unbranched alkanes of at least 4 members (excludes halogenated alkanes) is 1. The number of fused-ring (bicyclic) bond motifs is 3. The van der Waals surface area contributed by atoms with Gasteiger partial charge in [-0.2, -0.15) is 0 Å². The lowest BCUT2D eigenvalue weighted by Gasteiger charge is -2.21. The molecule has 0 fully saturated rings. The van der Waals surface area contributed by atoms with Crippen molar-refractivity contribution < 1.29 is 4.74 Å². The van der Waals surface area contributed by atoms with Crippen molar-refractivity contribution in [2.45, 2.75) is 46.0 Å². The summed E-state index contributed by atoms with van der Waals surface area (Å²) in [6, 6.07) is 10.9. The smallest absolute Gasteiger partial charge is 0.136 e. The molecule has 138 valence electrons. The molecule has 0 spiro atoms. The third kappa shape index (κ3) is 3.23. The lowest BCUT2D eigenvalue weighted by atomic mass is 9.93. The molecular formula is C23H30N2O. The zero-order valence-corrected chi connectivity index (χ0v) is 16.7. The number of pyridine rings is 1. The van der Waals surface area contributed by atoms with Crippen molar-refractivity contribution in [2.75, 3.05) is 26.1 Å². The average molecular weight is 351 g/mol. The van der Waals surface area contributed by atoms with Gasteiger partial charge in [-0.3, -0.25) is 0 Å². The number of hydrogen-bond acceptors (Lipinski definition) is 3. The van der Waals surface area contributed by atoms with E-state index in [2.05, 4.69) is 63.2 Å². The Morgan fingerprint density at radius 3 is 2.35 bits per heavy atom. The molecule has 0 radical (unpaired) electrons. The molecular weight excluding hydrogens is 320 g/mol. The number of nitrogens with zero attached hydrogens (tertiary/aromatic N) is 2. The van der Waals surface area contributed by atoms with Crippen molar-refractivity contribution >= 4 is 27.5 Å². The van der Waals surface area contributed by atoms with Crippen LogP contribution < -0.4 is 9.64 Å². The molecule has 1 aromatic heterocycles. The van der Waals surface area contributed by atoms with Crippen LogP contribution >= 0.6 is 0 Å². The highest BCUT2D eigenvalue weighted by molar-refractivity contribution is 6.12. The zero-order chi connectivity index (χ0) is 18.7. The summed E-state index contributed by atoms with van der Waals surface area (Å²) in [6.07, 6.45) is 5.47. The molecule has 1 heterocycles. The van der Waals surface area contributed by atoms with Crippen molar-refractivity contribution in [3.8, 4) is 5.75 Å². The van der Waals surface area contributed by atoms with Gasteiger partial charge in [0.1, 0.15) is 11.6 Å². The maximum atomic E-state index is 5.92. The zero-order valence-electron chi connectivity index (χ0n) is 16.7. The van der Waals surface area contributed by atoms with Crippen molar-refractivity contribution in [3.05, 3.63) is 41.5 Å². The molecule has 0 saturated carbocycles. The predicted octanol–water partition coefficient (Wildman–Crippen LogP) is 5.76. The number of anilines is 1. The molecule has 0 saturated heterocycles. The molecule has 0 atom stereocenters. The molecule has 0 amide bonds. The van der Waals surface area contributed by atoms with E-state index in [4.69, 9.17) is 9.72 Å². The number of ether oxygens (including phenoxy) is 1. The van der Waals surface area contributed by atoms with Gasteiger partial charge in [-0.1, -0.05) is 51.0 Å². The van der Waals surface area contributed by atoms with Gasteiger partial charge in [-0.05, 0) is 36.3 Å². The van der Waals surface area contributed by atoms with E-state index >= 15 is 0 Å². The predicted molar refractivity (Wildman–Crippen MR) is 113 cm³/mol. The van der Waals surface area contributed by atoms with Crippen LogP contribution in [0.15, 0.2) is 30.3 Å². The van der Waals surface area contributed by atoms with Crippen LogP contribution in [-0.4, -0.2) is 26.2 Å². The van der Waals surface area contributed by atoms with E-state index in [0.29, 0.717) is 0 Å². The van der Waals surface area contributed by atoms with Crippen molar-refractivity contribution in [2.24, 2.45) is 0 Å². The second-order valence-electron chi connectivity index (χ2n) is 7.17. The van der Waals surface area contributed by atoms with Crippen LogP contribution in [0.2, 0.25) is 0 Å².